The standard InChI is InChI=1S/C24H35N5O2/c1-4-13-25-22-15-23(27-17-26-22)29-14-5-6-19(16-29)7-12-24(30)28-18(2)20-8-10-21(31-3)11-9-20/h8-11,15,17-19H,4-7,12-14,16H2,1-3H3,(H,28,30)(H,25,26,27). The molecule has 0 bridgehead atoms. The minimum atomic E-state index is -0.0173. The molecule has 2 atom stereocenters. The highest BCUT2D eigenvalue weighted by atomic mass is 16.5. The van der Waals surface area contributed by atoms with Crippen LogP contribution in [-0.4, -0.2) is 42.6 Å². The Hall–Kier alpha value is -2.83. The molecule has 2 N–H and O–H groups in total. The van der Waals surface area contributed by atoms with Gasteiger partial charge in [-0.2, -0.15) is 0 Å². The van der Waals surface area contributed by atoms with E-state index in [0.29, 0.717) is 12.3 Å². The van der Waals surface area contributed by atoms with Gasteiger partial charge in [-0.15, -0.1) is 0 Å². The predicted molar refractivity (Wildman–Crippen MR) is 125 cm³/mol. The number of carbonyl (C=O) groups is 1. The molecule has 0 radical (unpaired) electrons. The number of nitrogens with zero attached hydrogens (tertiary/aromatic N) is 3. The Morgan fingerprint density at radius 3 is 2.84 bits per heavy atom. The summed E-state index contributed by atoms with van der Waals surface area (Å²) in [7, 11) is 1.65. The van der Waals surface area contributed by atoms with E-state index in [1.807, 2.05) is 37.3 Å². The predicted octanol–water partition coefficient (Wildman–Crippen LogP) is 4.18. The summed E-state index contributed by atoms with van der Waals surface area (Å²) in [5.74, 6) is 3.27. The third kappa shape index (κ3) is 6.84. The highest BCUT2D eigenvalue weighted by Crippen LogP contribution is 2.26. The van der Waals surface area contributed by atoms with Gasteiger partial charge in [-0.1, -0.05) is 19.1 Å². The maximum Gasteiger partial charge on any atom is 0.220 e. The van der Waals surface area contributed by atoms with Crippen LogP contribution in [0.4, 0.5) is 11.6 Å². The highest BCUT2D eigenvalue weighted by molar-refractivity contribution is 5.76. The molecular weight excluding hydrogens is 390 g/mol. The minimum absolute atomic E-state index is 0.0173. The quantitative estimate of drug-likeness (QED) is 0.594. The van der Waals surface area contributed by atoms with Crippen LogP contribution in [0.2, 0.25) is 0 Å². The number of rotatable bonds is 10. The third-order valence-electron chi connectivity index (χ3n) is 5.82. The van der Waals surface area contributed by atoms with E-state index < -0.39 is 0 Å². The lowest BCUT2D eigenvalue weighted by molar-refractivity contribution is -0.122. The first-order chi connectivity index (χ1) is 15.1. The monoisotopic (exact) mass is 425 g/mol. The van der Waals surface area contributed by atoms with Gasteiger partial charge in [0.15, 0.2) is 0 Å². The smallest absolute Gasteiger partial charge is 0.220 e. The number of hydrogen-bond donors (Lipinski definition) is 2. The molecule has 0 saturated carbocycles. The number of piperidine rings is 1. The van der Waals surface area contributed by atoms with Gasteiger partial charge in [-0.3, -0.25) is 4.79 Å². The number of amides is 1. The summed E-state index contributed by atoms with van der Waals surface area (Å²) >= 11 is 0. The molecule has 0 aliphatic carbocycles. The number of nitrogens with one attached hydrogen (secondary N) is 2. The summed E-state index contributed by atoms with van der Waals surface area (Å²) in [6, 6.07) is 9.84. The fourth-order valence-corrected chi connectivity index (χ4v) is 4.00. The van der Waals surface area contributed by atoms with Crippen LogP contribution in [0, 0.1) is 5.92 Å². The molecule has 168 valence electrons. The molecule has 1 aromatic heterocycles. The Bertz CT molecular complexity index is 827. The molecule has 1 fully saturated rings. The van der Waals surface area contributed by atoms with Crippen molar-refractivity contribution in [2.24, 2.45) is 5.92 Å². The van der Waals surface area contributed by atoms with E-state index in [9.17, 15) is 4.79 Å². The van der Waals surface area contributed by atoms with Gasteiger partial charge in [0.25, 0.3) is 0 Å². The molecule has 3 rings (SSSR count). The third-order valence-corrected chi connectivity index (χ3v) is 5.82. The van der Waals surface area contributed by atoms with Crippen molar-refractivity contribution >= 4 is 17.5 Å². The Morgan fingerprint density at radius 2 is 2.10 bits per heavy atom. The first-order valence-electron chi connectivity index (χ1n) is 11.3. The molecule has 1 amide bonds. The van der Waals surface area contributed by atoms with Crippen LogP contribution in [0.25, 0.3) is 0 Å². The number of benzene rings is 1. The second-order valence-corrected chi connectivity index (χ2v) is 8.24. The van der Waals surface area contributed by atoms with E-state index in [-0.39, 0.29) is 11.9 Å². The van der Waals surface area contributed by atoms with Gasteiger partial charge in [0.1, 0.15) is 23.7 Å². The highest BCUT2D eigenvalue weighted by Gasteiger charge is 2.22. The average molecular weight is 426 g/mol. The van der Waals surface area contributed by atoms with E-state index in [1.165, 1.54) is 0 Å². The Labute approximate surface area is 185 Å². The molecule has 2 heterocycles. The van der Waals surface area contributed by atoms with Gasteiger partial charge >= 0.3 is 0 Å². The van der Waals surface area contributed by atoms with Crippen molar-refractivity contribution in [3.05, 3.63) is 42.2 Å². The maximum atomic E-state index is 12.5. The van der Waals surface area contributed by atoms with Crippen LogP contribution in [0.1, 0.15) is 57.6 Å². The van der Waals surface area contributed by atoms with Crippen LogP contribution in [-0.2, 0) is 4.79 Å². The molecule has 7 nitrogen and oxygen atoms in total. The molecule has 31 heavy (non-hydrogen) atoms. The lowest BCUT2D eigenvalue weighted by atomic mass is 9.93. The van der Waals surface area contributed by atoms with Gasteiger partial charge in [0.05, 0.1) is 13.2 Å². The lowest BCUT2D eigenvalue weighted by Crippen LogP contribution is -2.36. The second-order valence-electron chi connectivity index (χ2n) is 8.24. The molecule has 2 aromatic rings. The number of aromatic nitrogens is 2. The molecular formula is C24H35N5O2. The first-order valence-corrected chi connectivity index (χ1v) is 11.3. The number of hydrogen-bond acceptors (Lipinski definition) is 6. The van der Waals surface area contributed by atoms with Crippen LogP contribution >= 0.6 is 0 Å². The Morgan fingerprint density at radius 1 is 1.29 bits per heavy atom. The lowest BCUT2D eigenvalue weighted by Gasteiger charge is -2.33. The number of methoxy groups -OCH3 is 1. The molecule has 1 aliphatic rings. The topological polar surface area (TPSA) is 79.4 Å². The van der Waals surface area contributed by atoms with E-state index in [1.54, 1.807) is 13.4 Å². The molecule has 7 heteroatoms. The Kier molecular flexibility index (Phi) is 8.50. The van der Waals surface area contributed by atoms with Crippen LogP contribution in [0.15, 0.2) is 36.7 Å². The van der Waals surface area contributed by atoms with Crippen LogP contribution < -0.4 is 20.3 Å². The normalized spacial score (nSPS) is 17.1. The Balaban J connectivity index is 1.47. The molecule has 1 aromatic carbocycles. The minimum Gasteiger partial charge on any atom is -0.497 e. The van der Waals surface area contributed by atoms with E-state index in [2.05, 4.69) is 32.4 Å². The van der Waals surface area contributed by atoms with Crippen molar-refractivity contribution in [3.63, 3.8) is 0 Å². The summed E-state index contributed by atoms with van der Waals surface area (Å²) in [5.41, 5.74) is 1.08. The summed E-state index contributed by atoms with van der Waals surface area (Å²) in [5, 5.41) is 6.45. The van der Waals surface area contributed by atoms with Gasteiger partial charge in [-0.25, -0.2) is 9.97 Å². The second kappa shape index (κ2) is 11.5. The summed E-state index contributed by atoms with van der Waals surface area (Å²) in [6.45, 7) is 7.00. The number of ether oxygens (including phenoxy) is 1. The molecule has 1 saturated heterocycles. The van der Waals surface area contributed by atoms with Gasteiger partial charge in [-0.05, 0) is 56.2 Å². The summed E-state index contributed by atoms with van der Waals surface area (Å²) < 4.78 is 5.20. The van der Waals surface area contributed by atoms with E-state index >= 15 is 0 Å². The van der Waals surface area contributed by atoms with E-state index in [0.717, 1.165) is 68.3 Å². The SMILES string of the molecule is CCCNc1cc(N2CCCC(CCC(=O)NC(C)c3ccc(OC)cc3)C2)ncn1. The van der Waals surface area contributed by atoms with Crippen molar-refractivity contribution in [2.45, 2.75) is 52.0 Å². The first kappa shape index (κ1) is 22.8. The fourth-order valence-electron chi connectivity index (χ4n) is 4.00. The zero-order valence-electron chi connectivity index (χ0n) is 18.9. The summed E-state index contributed by atoms with van der Waals surface area (Å²) in [4.78, 5) is 23.6. The van der Waals surface area contributed by atoms with Gasteiger partial charge < -0.3 is 20.3 Å². The van der Waals surface area contributed by atoms with Crippen molar-refractivity contribution < 1.29 is 9.53 Å². The van der Waals surface area contributed by atoms with E-state index in [4.69, 9.17) is 4.74 Å². The average Bonchev–Trinajstić information content (AvgIpc) is 2.82. The van der Waals surface area contributed by atoms with Crippen molar-refractivity contribution in [3.8, 4) is 5.75 Å². The molecule has 0 spiro atoms. The number of carbonyl (C=O) groups excluding carboxylic acids is 1. The van der Waals surface area contributed by atoms with Crippen molar-refractivity contribution in [2.75, 3.05) is 37.0 Å². The maximum absolute atomic E-state index is 12.5. The largest absolute Gasteiger partial charge is 0.497 e. The zero-order chi connectivity index (χ0) is 22.1. The zero-order valence-corrected chi connectivity index (χ0v) is 18.9. The molecule has 1 aliphatic heterocycles. The number of anilines is 2. The van der Waals surface area contributed by atoms with Gasteiger partial charge in [0, 0.05) is 32.1 Å². The van der Waals surface area contributed by atoms with Gasteiger partial charge in [0.2, 0.25) is 5.91 Å². The summed E-state index contributed by atoms with van der Waals surface area (Å²) in [6.07, 6.45) is 6.41. The van der Waals surface area contributed by atoms with Crippen molar-refractivity contribution in [1.82, 2.24) is 15.3 Å². The van der Waals surface area contributed by atoms with Crippen LogP contribution in [0.5, 0.6) is 5.75 Å². The van der Waals surface area contributed by atoms with Crippen LogP contribution in [0.3, 0.4) is 0 Å². The molecule has 2 unspecified atom stereocenters. The fraction of sp³-hybridized carbons (Fsp3) is 0.542. The van der Waals surface area contributed by atoms with Crippen molar-refractivity contribution in [1.29, 1.82) is 0 Å².